The zero-order valence-corrected chi connectivity index (χ0v) is 16.3. The largest absolute Gasteiger partial charge is 0.493 e. The average Bonchev–Trinajstić information content (AvgIpc) is 3.10. The molecule has 2 aromatic carbocycles. The van der Waals surface area contributed by atoms with Crippen LogP contribution < -0.4 is 14.2 Å². The van der Waals surface area contributed by atoms with E-state index >= 15 is 0 Å². The predicted molar refractivity (Wildman–Crippen MR) is 103 cm³/mol. The van der Waals surface area contributed by atoms with E-state index in [2.05, 4.69) is 10.2 Å². The lowest BCUT2D eigenvalue weighted by molar-refractivity contribution is 0.324. The van der Waals surface area contributed by atoms with Gasteiger partial charge in [-0.1, -0.05) is 30.8 Å². The fourth-order valence-electron chi connectivity index (χ4n) is 2.74. The van der Waals surface area contributed by atoms with E-state index in [0.29, 0.717) is 39.5 Å². The molecule has 0 aliphatic heterocycles. The van der Waals surface area contributed by atoms with Gasteiger partial charge in [-0.25, -0.2) is 4.39 Å². The molecule has 0 bridgehead atoms. The minimum absolute atomic E-state index is 0.357. The van der Waals surface area contributed by atoms with Crippen LogP contribution in [0.1, 0.15) is 6.92 Å². The SMILES string of the molecule is CCSc1nnc(-c2cc(OC)c(OC)c(OC)c2)n1-c1ccccc1F. The van der Waals surface area contributed by atoms with E-state index in [9.17, 15) is 4.39 Å². The Hall–Kier alpha value is -2.74. The van der Waals surface area contributed by atoms with E-state index in [1.807, 2.05) is 6.92 Å². The van der Waals surface area contributed by atoms with Crippen LogP contribution in [0.5, 0.6) is 17.2 Å². The molecular formula is C19H20FN3O3S. The van der Waals surface area contributed by atoms with Crippen LogP contribution in [0.25, 0.3) is 17.1 Å². The van der Waals surface area contributed by atoms with E-state index in [4.69, 9.17) is 14.2 Å². The Balaban J connectivity index is 2.25. The molecule has 1 heterocycles. The lowest BCUT2D eigenvalue weighted by Gasteiger charge is -2.15. The van der Waals surface area contributed by atoms with Crippen molar-refractivity contribution >= 4 is 11.8 Å². The molecule has 0 saturated carbocycles. The van der Waals surface area contributed by atoms with Gasteiger partial charge in [-0.3, -0.25) is 4.57 Å². The molecular weight excluding hydrogens is 369 g/mol. The highest BCUT2D eigenvalue weighted by Crippen LogP contribution is 2.41. The number of methoxy groups -OCH3 is 3. The first-order valence-corrected chi connectivity index (χ1v) is 9.26. The smallest absolute Gasteiger partial charge is 0.203 e. The lowest BCUT2D eigenvalue weighted by Crippen LogP contribution is -2.03. The van der Waals surface area contributed by atoms with Crippen LogP contribution in [0.15, 0.2) is 41.6 Å². The molecule has 3 aromatic rings. The third-order valence-corrected chi connectivity index (χ3v) is 4.73. The molecule has 0 aliphatic carbocycles. The normalized spacial score (nSPS) is 10.7. The minimum Gasteiger partial charge on any atom is -0.493 e. The first-order valence-electron chi connectivity index (χ1n) is 8.28. The summed E-state index contributed by atoms with van der Waals surface area (Å²) in [6.07, 6.45) is 0. The van der Waals surface area contributed by atoms with Gasteiger partial charge in [0.1, 0.15) is 5.82 Å². The van der Waals surface area contributed by atoms with Crippen molar-refractivity contribution in [2.45, 2.75) is 12.1 Å². The topological polar surface area (TPSA) is 58.4 Å². The molecule has 142 valence electrons. The van der Waals surface area contributed by atoms with Crippen LogP contribution in [0, 0.1) is 5.82 Å². The molecule has 0 saturated heterocycles. The summed E-state index contributed by atoms with van der Waals surface area (Å²) in [7, 11) is 4.62. The third kappa shape index (κ3) is 3.57. The van der Waals surface area contributed by atoms with Gasteiger partial charge in [0.2, 0.25) is 5.75 Å². The number of benzene rings is 2. The van der Waals surface area contributed by atoms with E-state index in [0.717, 1.165) is 5.75 Å². The Labute approximate surface area is 161 Å². The summed E-state index contributed by atoms with van der Waals surface area (Å²) < 4.78 is 32.4. The summed E-state index contributed by atoms with van der Waals surface area (Å²) in [6.45, 7) is 2.00. The standard InChI is InChI=1S/C19H20FN3O3S/c1-5-27-19-22-21-18(23(19)14-9-7-6-8-13(14)20)12-10-15(24-2)17(26-4)16(11-12)25-3/h6-11H,5H2,1-4H3. The molecule has 8 heteroatoms. The Morgan fingerprint density at radius 2 is 1.67 bits per heavy atom. The molecule has 1 aromatic heterocycles. The highest BCUT2D eigenvalue weighted by Gasteiger charge is 2.21. The van der Waals surface area contributed by atoms with Gasteiger partial charge in [0.15, 0.2) is 22.5 Å². The summed E-state index contributed by atoms with van der Waals surface area (Å²) in [5.41, 5.74) is 1.05. The Kier molecular flexibility index (Phi) is 5.85. The third-order valence-electron chi connectivity index (χ3n) is 3.92. The van der Waals surface area contributed by atoms with Crippen LogP contribution in [-0.2, 0) is 0 Å². The molecule has 27 heavy (non-hydrogen) atoms. The van der Waals surface area contributed by atoms with E-state index < -0.39 is 0 Å². The second-order valence-electron chi connectivity index (χ2n) is 5.44. The first-order chi connectivity index (χ1) is 13.1. The second kappa shape index (κ2) is 8.30. The monoisotopic (exact) mass is 389 g/mol. The van der Waals surface area contributed by atoms with Gasteiger partial charge in [0, 0.05) is 5.56 Å². The van der Waals surface area contributed by atoms with Crippen LogP contribution in [0.3, 0.4) is 0 Å². The molecule has 0 amide bonds. The minimum atomic E-state index is -0.357. The van der Waals surface area contributed by atoms with Gasteiger partial charge in [0.05, 0.1) is 27.0 Å². The summed E-state index contributed by atoms with van der Waals surface area (Å²) in [6, 6.07) is 10.1. The van der Waals surface area contributed by atoms with Crippen molar-refractivity contribution in [1.82, 2.24) is 14.8 Å². The van der Waals surface area contributed by atoms with Gasteiger partial charge in [0.25, 0.3) is 0 Å². The van der Waals surface area contributed by atoms with Crippen molar-refractivity contribution in [3.8, 4) is 34.3 Å². The molecule has 0 N–H and O–H groups in total. The number of aromatic nitrogens is 3. The zero-order valence-electron chi connectivity index (χ0n) is 15.5. The number of para-hydroxylation sites is 1. The highest BCUT2D eigenvalue weighted by molar-refractivity contribution is 7.99. The van der Waals surface area contributed by atoms with E-state index in [1.54, 1.807) is 49.1 Å². The van der Waals surface area contributed by atoms with E-state index in [-0.39, 0.29) is 5.82 Å². The summed E-state index contributed by atoms with van der Waals surface area (Å²) >= 11 is 1.48. The second-order valence-corrected chi connectivity index (χ2v) is 6.67. The Bertz CT molecular complexity index is 921. The number of halogens is 1. The summed E-state index contributed by atoms with van der Waals surface area (Å²) in [4.78, 5) is 0. The molecule has 3 rings (SSSR count). The van der Waals surface area contributed by atoms with Crippen molar-refractivity contribution in [2.24, 2.45) is 0 Å². The van der Waals surface area contributed by atoms with Crippen LogP contribution >= 0.6 is 11.8 Å². The fourth-order valence-corrected chi connectivity index (χ4v) is 3.41. The summed E-state index contributed by atoms with van der Waals surface area (Å²) in [5.74, 6) is 2.35. The molecule has 0 fully saturated rings. The molecule has 0 radical (unpaired) electrons. The molecule has 0 unspecified atom stereocenters. The number of nitrogens with zero attached hydrogens (tertiary/aromatic N) is 3. The van der Waals surface area contributed by atoms with Gasteiger partial charge >= 0.3 is 0 Å². The predicted octanol–water partition coefficient (Wildman–Crippen LogP) is 4.21. The van der Waals surface area contributed by atoms with Crippen molar-refractivity contribution in [2.75, 3.05) is 27.1 Å². The molecule has 0 spiro atoms. The molecule has 0 atom stereocenters. The van der Waals surface area contributed by atoms with Crippen LogP contribution in [-0.4, -0.2) is 41.8 Å². The number of hydrogen-bond donors (Lipinski definition) is 0. The van der Waals surface area contributed by atoms with Crippen LogP contribution in [0.4, 0.5) is 4.39 Å². The molecule has 6 nitrogen and oxygen atoms in total. The maximum Gasteiger partial charge on any atom is 0.203 e. The number of rotatable bonds is 7. The quantitative estimate of drug-likeness (QED) is 0.564. The number of ether oxygens (including phenoxy) is 3. The van der Waals surface area contributed by atoms with Crippen molar-refractivity contribution in [3.63, 3.8) is 0 Å². The van der Waals surface area contributed by atoms with Gasteiger partial charge < -0.3 is 14.2 Å². The molecule has 0 aliphatic rings. The van der Waals surface area contributed by atoms with Crippen LogP contribution in [0.2, 0.25) is 0 Å². The van der Waals surface area contributed by atoms with Gasteiger partial charge in [-0.2, -0.15) is 0 Å². The van der Waals surface area contributed by atoms with Crippen molar-refractivity contribution < 1.29 is 18.6 Å². The lowest BCUT2D eigenvalue weighted by atomic mass is 10.1. The van der Waals surface area contributed by atoms with Crippen molar-refractivity contribution in [1.29, 1.82) is 0 Å². The Morgan fingerprint density at radius 3 is 2.22 bits per heavy atom. The van der Waals surface area contributed by atoms with E-state index in [1.165, 1.54) is 24.9 Å². The first kappa shape index (κ1) is 19.0. The number of thioether (sulfide) groups is 1. The fraction of sp³-hybridized carbons (Fsp3) is 0.263. The zero-order chi connectivity index (χ0) is 19.4. The summed E-state index contributed by atoms with van der Waals surface area (Å²) in [5, 5.41) is 9.16. The average molecular weight is 389 g/mol. The van der Waals surface area contributed by atoms with Gasteiger partial charge in [-0.15, -0.1) is 10.2 Å². The Morgan fingerprint density at radius 1 is 1.00 bits per heavy atom. The maximum absolute atomic E-state index is 14.5. The van der Waals surface area contributed by atoms with Gasteiger partial charge in [-0.05, 0) is 30.0 Å². The maximum atomic E-state index is 14.5. The highest BCUT2D eigenvalue weighted by atomic mass is 32.2. The van der Waals surface area contributed by atoms with Crippen molar-refractivity contribution in [3.05, 3.63) is 42.2 Å². The number of hydrogen-bond acceptors (Lipinski definition) is 6.